The highest BCUT2D eigenvalue weighted by Crippen LogP contribution is 2.31. The molecule has 1 unspecified atom stereocenters. The van der Waals surface area contributed by atoms with Crippen molar-refractivity contribution in [2.24, 2.45) is 5.92 Å². The Morgan fingerprint density at radius 2 is 2.06 bits per heavy atom. The number of rotatable bonds is 4. The first-order chi connectivity index (χ1) is 7.65. The first-order valence-electron chi connectivity index (χ1n) is 6.49. The molecular formula is C15H23N. The number of anilines is 1. The molecule has 0 amide bonds. The van der Waals surface area contributed by atoms with Crippen LogP contribution in [0.25, 0.3) is 0 Å². The van der Waals surface area contributed by atoms with Gasteiger partial charge in [0, 0.05) is 11.7 Å². The van der Waals surface area contributed by atoms with Crippen LogP contribution in [0.2, 0.25) is 0 Å². The molecule has 16 heavy (non-hydrogen) atoms. The lowest BCUT2D eigenvalue weighted by atomic mass is 9.81. The van der Waals surface area contributed by atoms with Gasteiger partial charge in [0.25, 0.3) is 0 Å². The van der Waals surface area contributed by atoms with Crippen molar-refractivity contribution in [2.75, 3.05) is 5.32 Å². The van der Waals surface area contributed by atoms with Crippen LogP contribution < -0.4 is 5.32 Å². The molecule has 0 saturated heterocycles. The van der Waals surface area contributed by atoms with Crippen LogP contribution in [0.4, 0.5) is 5.69 Å². The molecule has 1 fully saturated rings. The molecule has 1 N–H and O–H groups in total. The van der Waals surface area contributed by atoms with Gasteiger partial charge in [-0.25, -0.2) is 0 Å². The van der Waals surface area contributed by atoms with E-state index in [1.54, 1.807) is 0 Å². The molecule has 0 radical (unpaired) electrons. The number of nitrogens with one attached hydrogen (secondary N) is 1. The van der Waals surface area contributed by atoms with E-state index in [0.29, 0.717) is 6.04 Å². The second-order valence-electron chi connectivity index (χ2n) is 5.40. The molecule has 88 valence electrons. The van der Waals surface area contributed by atoms with Gasteiger partial charge in [-0.3, -0.25) is 0 Å². The van der Waals surface area contributed by atoms with Gasteiger partial charge in [-0.1, -0.05) is 31.4 Å². The minimum absolute atomic E-state index is 0.603. The standard InChI is InChI=1S/C15H23N/c1-11-7-8-12(2)15(9-11)16-13(3)10-14-5-4-6-14/h7-9,13-14,16H,4-6,10H2,1-3H3. The fourth-order valence-corrected chi connectivity index (χ4v) is 2.44. The van der Waals surface area contributed by atoms with Crippen molar-refractivity contribution in [3.05, 3.63) is 29.3 Å². The van der Waals surface area contributed by atoms with Crippen LogP contribution in [-0.2, 0) is 0 Å². The van der Waals surface area contributed by atoms with Crippen molar-refractivity contribution in [1.29, 1.82) is 0 Å². The van der Waals surface area contributed by atoms with Crippen molar-refractivity contribution >= 4 is 5.69 Å². The van der Waals surface area contributed by atoms with Crippen molar-refractivity contribution in [3.63, 3.8) is 0 Å². The number of aryl methyl sites for hydroxylation is 2. The summed E-state index contributed by atoms with van der Waals surface area (Å²) < 4.78 is 0. The molecule has 2 rings (SSSR count). The minimum atomic E-state index is 0.603. The average Bonchev–Trinajstić information content (AvgIpc) is 2.18. The Balaban J connectivity index is 1.93. The zero-order chi connectivity index (χ0) is 11.5. The van der Waals surface area contributed by atoms with Gasteiger partial charge in [0.05, 0.1) is 0 Å². The van der Waals surface area contributed by atoms with E-state index < -0.39 is 0 Å². The smallest absolute Gasteiger partial charge is 0.0374 e. The van der Waals surface area contributed by atoms with Crippen LogP contribution in [-0.4, -0.2) is 6.04 Å². The van der Waals surface area contributed by atoms with Crippen LogP contribution in [0, 0.1) is 19.8 Å². The predicted octanol–water partition coefficient (Wildman–Crippen LogP) is 4.29. The quantitative estimate of drug-likeness (QED) is 0.793. The molecule has 0 spiro atoms. The molecule has 1 aliphatic rings. The Kier molecular flexibility index (Phi) is 3.52. The number of hydrogen-bond acceptors (Lipinski definition) is 1. The largest absolute Gasteiger partial charge is 0.382 e. The number of benzene rings is 1. The minimum Gasteiger partial charge on any atom is -0.382 e. The molecule has 0 aromatic heterocycles. The van der Waals surface area contributed by atoms with E-state index in [4.69, 9.17) is 0 Å². The van der Waals surface area contributed by atoms with Crippen molar-refractivity contribution < 1.29 is 0 Å². The topological polar surface area (TPSA) is 12.0 Å². The Hall–Kier alpha value is -0.980. The molecule has 1 saturated carbocycles. The molecule has 1 heteroatoms. The molecule has 1 aromatic carbocycles. The summed E-state index contributed by atoms with van der Waals surface area (Å²) in [6.45, 7) is 6.64. The summed E-state index contributed by atoms with van der Waals surface area (Å²) in [4.78, 5) is 0. The fraction of sp³-hybridized carbons (Fsp3) is 0.600. The highest BCUT2D eigenvalue weighted by molar-refractivity contribution is 5.53. The maximum absolute atomic E-state index is 3.65. The SMILES string of the molecule is Cc1ccc(C)c(NC(C)CC2CCC2)c1. The Bertz CT molecular complexity index is 352. The third-order valence-corrected chi connectivity index (χ3v) is 3.71. The van der Waals surface area contributed by atoms with Gasteiger partial charge in [-0.2, -0.15) is 0 Å². The summed E-state index contributed by atoms with van der Waals surface area (Å²) in [5.41, 5.74) is 4.00. The van der Waals surface area contributed by atoms with Crippen LogP contribution in [0.1, 0.15) is 43.7 Å². The van der Waals surface area contributed by atoms with E-state index in [0.717, 1.165) is 5.92 Å². The summed E-state index contributed by atoms with van der Waals surface area (Å²) in [6, 6.07) is 7.24. The van der Waals surface area contributed by atoms with Crippen LogP contribution in [0.3, 0.4) is 0 Å². The monoisotopic (exact) mass is 217 g/mol. The Morgan fingerprint density at radius 1 is 1.31 bits per heavy atom. The molecule has 1 aromatic rings. The van der Waals surface area contributed by atoms with E-state index in [1.807, 2.05) is 0 Å². The van der Waals surface area contributed by atoms with Crippen LogP contribution >= 0.6 is 0 Å². The van der Waals surface area contributed by atoms with Gasteiger partial charge < -0.3 is 5.32 Å². The average molecular weight is 217 g/mol. The summed E-state index contributed by atoms with van der Waals surface area (Å²) >= 11 is 0. The highest BCUT2D eigenvalue weighted by atomic mass is 14.9. The molecule has 0 aliphatic heterocycles. The summed E-state index contributed by atoms with van der Waals surface area (Å²) in [7, 11) is 0. The van der Waals surface area contributed by atoms with Crippen molar-refractivity contribution in [3.8, 4) is 0 Å². The van der Waals surface area contributed by atoms with E-state index >= 15 is 0 Å². The molecular weight excluding hydrogens is 194 g/mol. The van der Waals surface area contributed by atoms with Gasteiger partial charge in [0.2, 0.25) is 0 Å². The summed E-state index contributed by atoms with van der Waals surface area (Å²) in [6.07, 6.45) is 5.66. The lowest BCUT2D eigenvalue weighted by Gasteiger charge is -2.29. The lowest BCUT2D eigenvalue weighted by molar-refractivity contribution is 0.286. The zero-order valence-corrected chi connectivity index (χ0v) is 10.7. The lowest BCUT2D eigenvalue weighted by Crippen LogP contribution is -2.23. The molecule has 1 atom stereocenters. The van der Waals surface area contributed by atoms with Crippen molar-refractivity contribution in [2.45, 2.75) is 52.5 Å². The first kappa shape index (κ1) is 11.5. The second-order valence-corrected chi connectivity index (χ2v) is 5.40. The Morgan fingerprint density at radius 3 is 2.69 bits per heavy atom. The second kappa shape index (κ2) is 4.90. The van der Waals surface area contributed by atoms with Gasteiger partial charge >= 0.3 is 0 Å². The summed E-state index contributed by atoms with van der Waals surface area (Å²) in [5, 5.41) is 3.65. The highest BCUT2D eigenvalue weighted by Gasteiger charge is 2.19. The molecule has 0 heterocycles. The van der Waals surface area contributed by atoms with E-state index in [1.165, 1.54) is 42.5 Å². The number of hydrogen-bond donors (Lipinski definition) is 1. The van der Waals surface area contributed by atoms with E-state index in [2.05, 4.69) is 44.3 Å². The van der Waals surface area contributed by atoms with Gasteiger partial charge in [-0.15, -0.1) is 0 Å². The van der Waals surface area contributed by atoms with Gasteiger partial charge in [0.1, 0.15) is 0 Å². The maximum Gasteiger partial charge on any atom is 0.0374 e. The van der Waals surface area contributed by atoms with Gasteiger partial charge in [-0.05, 0) is 50.3 Å². The first-order valence-corrected chi connectivity index (χ1v) is 6.49. The normalized spacial score (nSPS) is 17.9. The maximum atomic E-state index is 3.65. The zero-order valence-electron chi connectivity index (χ0n) is 10.7. The Labute approximate surface area is 99.3 Å². The predicted molar refractivity (Wildman–Crippen MR) is 71.0 cm³/mol. The third kappa shape index (κ3) is 2.78. The van der Waals surface area contributed by atoms with Crippen molar-refractivity contribution in [1.82, 2.24) is 0 Å². The summed E-state index contributed by atoms with van der Waals surface area (Å²) in [5.74, 6) is 0.979. The van der Waals surface area contributed by atoms with Gasteiger partial charge in [0.15, 0.2) is 0 Å². The molecule has 0 bridgehead atoms. The van der Waals surface area contributed by atoms with E-state index in [9.17, 15) is 0 Å². The van der Waals surface area contributed by atoms with Crippen LogP contribution in [0.15, 0.2) is 18.2 Å². The molecule has 1 nitrogen and oxygen atoms in total. The van der Waals surface area contributed by atoms with E-state index in [-0.39, 0.29) is 0 Å². The van der Waals surface area contributed by atoms with Crippen LogP contribution in [0.5, 0.6) is 0 Å². The molecule has 1 aliphatic carbocycles. The fourth-order valence-electron chi connectivity index (χ4n) is 2.44. The third-order valence-electron chi connectivity index (χ3n) is 3.71.